The van der Waals surface area contributed by atoms with Gasteiger partial charge in [-0.25, -0.2) is 14.6 Å². The highest BCUT2D eigenvalue weighted by molar-refractivity contribution is 9.10. The van der Waals surface area contributed by atoms with Crippen molar-refractivity contribution < 1.29 is 19.1 Å². The fraction of sp³-hybridized carbons (Fsp3) is 0. The van der Waals surface area contributed by atoms with Gasteiger partial charge in [-0.05, 0) is 60.7 Å². The summed E-state index contributed by atoms with van der Waals surface area (Å²) in [6.45, 7) is 0. The molecule has 0 unspecified atom stereocenters. The lowest BCUT2D eigenvalue weighted by molar-refractivity contribution is 0.0697. The van der Waals surface area contributed by atoms with Crippen molar-refractivity contribution in [2.75, 3.05) is 10.6 Å². The fourth-order valence-electron chi connectivity index (χ4n) is 2.74. The third-order valence-corrected chi connectivity index (χ3v) is 4.63. The van der Waals surface area contributed by atoms with E-state index < -0.39 is 5.97 Å². The van der Waals surface area contributed by atoms with E-state index in [0.29, 0.717) is 33.9 Å². The van der Waals surface area contributed by atoms with Crippen LogP contribution in [0.5, 0.6) is 0 Å². The molecule has 0 aliphatic heterocycles. The molecule has 7 nitrogen and oxygen atoms in total. The Labute approximate surface area is 173 Å². The summed E-state index contributed by atoms with van der Waals surface area (Å²) in [7, 11) is 0. The van der Waals surface area contributed by atoms with Crippen LogP contribution < -0.4 is 10.6 Å². The third-order valence-electron chi connectivity index (χ3n) is 4.10. The van der Waals surface area contributed by atoms with E-state index in [4.69, 9.17) is 9.52 Å². The van der Waals surface area contributed by atoms with E-state index in [1.165, 1.54) is 12.1 Å². The van der Waals surface area contributed by atoms with Gasteiger partial charge in [-0.1, -0.05) is 22.0 Å². The van der Waals surface area contributed by atoms with Crippen molar-refractivity contribution in [2.24, 2.45) is 0 Å². The summed E-state index contributed by atoms with van der Waals surface area (Å²) in [5.41, 5.74) is 2.94. The smallest absolute Gasteiger partial charge is 0.335 e. The number of hydrogen-bond donors (Lipinski definition) is 3. The van der Waals surface area contributed by atoms with Crippen LogP contribution in [-0.4, -0.2) is 22.1 Å². The Bertz CT molecular complexity index is 1220. The SMILES string of the molecule is O=C(Nc1ccc(Br)cc1)Nc1cccc(-c2nc3cc(C(=O)O)ccc3o2)c1. The minimum absolute atomic E-state index is 0.136. The molecule has 144 valence electrons. The molecule has 0 fully saturated rings. The molecule has 2 amide bonds. The quantitative estimate of drug-likeness (QED) is 0.374. The minimum atomic E-state index is -1.03. The van der Waals surface area contributed by atoms with Crippen LogP contribution in [0.1, 0.15) is 10.4 Å². The second-order valence-corrected chi connectivity index (χ2v) is 7.09. The van der Waals surface area contributed by atoms with Crippen molar-refractivity contribution in [2.45, 2.75) is 0 Å². The average Bonchev–Trinajstić information content (AvgIpc) is 3.13. The Kier molecular flexibility index (Phi) is 5.01. The first-order chi connectivity index (χ1) is 14.0. The van der Waals surface area contributed by atoms with Gasteiger partial charge in [0.1, 0.15) is 5.52 Å². The molecule has 0 aliphatic carbocycles. The number of hydrogen-bond acceptors (Lipinski definition) is 4. The second kappa shape index (κ2) is 7.76. The highest BCUT2D eigenvalue weighted by Crippen LogP contribution is 2.27. The van der Waals surface area contributed by atoms with Gasteiger partial charge in [-0.2, -0.15) is 0 Å². The van der Waals surface area contributed by atoms with Crippen LogP contribution in [0.2, 0.25) is 0 Å². The average molecular weight is 452 g/mol. The van der Waals surface area contributed by atoms with E-state index in [2.05, 4.69) is 31.5 Å². The van der Waals surface area contributed by atoms with Crippen LogP contribution in [0.15, 0.2) is 75.6 Å². The molecule has 0 saturated heterocycles. The lowest BCUT2D eigenvalue weighted by atomic mass is 10.2. The molecular formula is C21H14BrN3O4. The van der Waals surface area contributed by atoms with Gasteiger partial charge >= 0.3 is 12.0 Å². The number of carbonyl (C=O) groups excluding carboxylic acids is 1. The first-order valence-corrected chi connectivity index (χ1v) is 9.35. The van der Waals surface area contributed by atoms with Gasteiger partial charge in [0, 0.05) is 21.4 Å². The molecule has 4 rings (SSSR count). The molecule has 8 heteroatoms. The predicted molar refractivity (Wildman–Crippen MR) is 113 cm³/mol. The number of anilines is 2. The molecule has 0 aliphatic rings. The molecule has 1 aromatic heterocycles. The summed E-state index contributed by atoms with van der Waals surface area (Å²) < 4.78 is 6.64. The van der Waals surface area contributed by atoms with Crippen LogP contribution in [0.4, 0.5) is 16.2 Å². The molecule has 3 N–H and O–H groups in total. The number of oxazole rings is 1. The molecular weight excluding hydrogens is 438 g/mol. The molecule has 1 heterocycles. The Balaban J connectivity index is 1.53. The van der Waals surface area contributed by atoms with Gasteiger partial charge in [-0.15, -0.1) is 0 Å². The van der Waals surface area contributed by atoms with Crippen LogP contribution >= 0.6 is 15.9 Å². The summed E-state index contributed by atoms with van der Waals surface area (Å²) in [4.78, 5) is 27.7. The molecule has 3 aromatic carbocycles. The second-order valence-electron chi connectivity index (χ2n) is 6.17. The topological polar surface area (TPSA) is 104 Å². The number of urea groups is 1. The third kappa shape index (κ3) is 4.27. The highest BCUT2D eigenvalue weighted by Gasteiger charge is 2.12. The highest BCUT2D eigenvalue weighted by atomic mass is 79.9. The number of rotatable bonds is 4. The number of aromatic carboxylic acids is 1. The largest absolute Gasteiger partial charge is 0.478 e. The first kappa shape index (κ1) is 18.7. The van der Waals surface area contributed by atoms with Crippen molar-refractivity contribution in [3.05, 3.63) is 76.8 Å². The van der Waals surface area contributed by atoms with E-state index in [-0.39, 0.29) is 11.6 Å². The first-order valence-electron chi connectivity index (χ1n) is 8.56. The van der Waals surface area contributed by atoms with E-state index in [1.807, 2.05) is 12.1 Å². The molecule has 0 spiro atoms. The maximum absolute atomic E-state index is 12.2. The zero-order valence-electron chi connectivity index (χ0n) is 14.8. The van der Waals surface area contributed by atoms with Crippen molar-refractivity contribution in [3.63, 3.8) is 0 Å². The normalized spacial score (nSPS) is 10.7. The van der Waals surface area contributed by atoms with Crippen LogP contribution in [0, 0.1) is 0 Å². The van der Waals surface area contributed by atoms with E-state index in [9.17, 15) is 9.59 Å². The van der Waals surface area contributed by atoms with Crippen molar-refractivity contribution in [1.82, 2.24) is 4.98 Å². The molecule has 4 aromatic rings. The molecule has 0 saturated carbocycles. The summed E-state index contributed by atoms with van der Waals surface area (Å²) in [5.74, 6) is -0.695. The van der Waals surface area contributed by atoms with Crippen LogP contribution in [0.25, 0.3) is 22.6 Å². The fourth-order valence-corrected chi connectivity index (χ4v) is 3.00. The lowest BCUT2D eigenvalue weighted by Crippen LogP contribution is -2.19. The molecule has 0 bridgehead atoms. The zero-order valence-corrected chi connectivity index (χ0v) is 16.4. The Morgan fingerprint density at radius 3 is 2.45 bits per heavy atom. The lowest BCUT2D eigenvalue weighted by Gasteiger charge is -2.08. The number of nitrogens with one attached hydrogen (secondary N) is 2. The Hall–Kier alpha value is -3.65. The molecule has 29 heavy (non-hydrogen) atoms. The number of benzene rings is 3. The van der Waals surface area contributed by atoms with E-state index >= 15 is 0 Å². The van der Waals surface area contributed by atoms with Crippen molar-refractivity contribution in [3.8, 4) is 11.5 Å². The number of carboxylic acids is 1. The number of carboxylic acid groups (broad SMARTS) is 1. The summed E-state index contributed by atoms with van der Waals surface area (Å²) in [6, 6.07) is 18.4. The van der Waals surface area contributed by atoms with E-state index in [0.717, 1.165) is 4.47 Å². The monoisotopic (exact) mass is 451 g/mol. The van der Waals surface area contributed by atoms with Crippen molar-refractivity contribution in [1.29, 1.82) is 0 Å². The number of amides is 2. The van der Waals surface area contributed by atoms with Crippen molar-refractivity contribution >= 4 is 50.4 Å². The van der Waals surface area contributed by atoms with Gasteiger partial charge in [0.05, 0.1) is 5.56 Å². The van der Waals surface area contributed by atoms with Gasteiger partial charge in [0.15, 0.2) is 5.58 Å². The summed E-state index contributed by atoms with van der Waals surface area (Å²) in [5, 5.41) is 14.6. The minimum Gasteiger partial charge on any atom is -0.478 e. The maximum atomic E-state index is 12.2. The zero-order chi connectivity index (χ0) is 20.4. The summed E-state index contributed by atoms with van der Waals surface area (Å²) in [6.07, 6.45) is 0. The number of carbonyl (C=O) groups is 2. The molecule has 0 radical (unpaired) electrons. The number of halogens is 1. The van der Waals surface area contributed by atoms with Gasteiger partial charge < -0.3 is 20.2 Å². The van der Waals surface area contributed by atoms with Gasteiger partial charge in [0.25, 0.3) is 0 Å². The van der Waals surface area contributed by atoms with Crippen LogP contribution in [0.3, 0.4) is 0 Å². The Morgan fingerprint density at radius 1 is 0.931 bits per heavy atom. The van der Waals surface area contributed by atoms with E-state index in [1.54, 1.807) is 42.5 Å². The van der Waals surface area contributed by atoms with Gasteiger partial charge in [0.2, 0.25) is 5.89 Å². The number of aromatic nitrogens is 1. The van der Waals surface area contributed by atoms with Crippen LogP contribution in [-0.2, 0) is 0 Å². The number of fused-ring (bicyclic) bond motifs is 1. The summed E-state index contributed by atoms with van der Waals surface area (Å²) >= 11 is 3.35. The van der Waals surface area contributed by atoms with Gasteiger partial charge in [-0.3, -0.25) is 0 Å². The Morgan fingerprint density at radius 2 is 1.69 bits per heavy atom. The number of nitrogens with zero attached hydrogens (tertiary/aromatic N) is 1. The molecule has 0 atom stereocenters. The maximum Gasteiger partial charge on any atom is 0.335 e. The predicted octanol–water partition coefficient (Wildman–Crippen LogP) is 5.60. The standard InChI is InChI=1S/C21H14BrN3O4/c22-14-5-7-15(8-6-14)23-21(28)24-16-3-1-2-12(10-16)19-25-17-11-13(20(26)27)4-9-18(17)29-19/h1-11H,(H,26,27)(H2,23,24,28).